The number of aliphatic hydroxyl groups is 1. The minimum Gasteiger partial charge on any atom is -0.497 e. The molecule has 5 heteroatoms. The molecular weight excluding hydrogens is 302 g/mol. The molecule has 1 N–H and O–H groups in total. The number of fused-ring (bicyclic) bond motifs is 1. The van der Waals surface area contributed by atoms with E-state index >= 15 is 0 Å². The summed E-state index contributed by atoms with van der Waals surface area (Å²) in [5.74, 6) is 0.253. The molecule has 0 bridgehead atoms. The van der Waals surface area contributed by atoms with E-state index in [1.807, 2.05) is 18.2 Å². The first-order valence-electron chi connectivity index (χ1n) is 7.02. The number of rotatable bonds is 3. The van der Waals surface area contributed by atoms with Crippen LogP contribution in [0.4, 0.5) is 5.69 Å². The second-order valence-electron chi connectivity index (χ2n) is 5.16. The van der Waals surface area contributed by atoms with Crippen LogP contribution in [0.15, 0.2) is 42.5 Å². The Morgan fingerprint density at radius 3 is 2.86 bits per heavy atom. The number of hydrogen-bond acceptors (Lipinski definition) is 3. The first-order chi connectivity index (χ1) is 10.6. The minimum absolute atomic E-state index is 0.353. The summed E-state index contributed by atoms with van der Waals surface area (Å²) in [4.78, 5) is 14.2. The Morgan fingerprint density at radius 2 is 2.09 bits per heavy atom. The van der Waals surface area contributed by atoms with Gasteiger partial charge >= 0.3 is 0 Å². The fraction of sp³-hybridized carbons (Fsp3) is 0.235. The van der Waals surface area contributed by atoms with E-state index in [0.717, 1.165) is 11.3 Å². The lowest BCUT2D eigenvalue weighted by Crippen LogP contribution is -2.33. The van der Waals surface area contributed by atoms with E-state index in [1.54, 1.807) is 36.3 Å². The molecule has 3 rings (SSSR count). The first kappa shape index (κ1) is 14.9. The van der Waals surface area contributed by atoms with Gasteiger partial charge in [0.25, 0.3) is 5.91 Å². The molecule has 1 unspecified atom stereocenters. The van der Waals surface area contributed by atoms with E-state index in [-0.39, 0.29) is 5.91 Å². The van der Waals surface area contributed by atoms with Crippen molar-refractivity contribution in [2.24, 2.45) is 0 Å². The van der Waals surface area contributed by atoms with Gasteiger partial charge in [-0.05, 0) is 41.8 Å². The highest BCUT2D eigenvalue weighted by Crippen LogP contribution is 2.35. The molecule has 1 aliphatic rings. The van der Waals surface area contributed by atoms with Crippen molar-refractivity contribution in [3.8, 4) is 5.75 Å². The number of benzene rings is 2. The number of hydrogen-bond donors (Lipinski definition) is 1. The topological polar surface area (TPSA) is 49.8 Å². The van der Waals surface area contributed by atoms with Crippen molar-refractivity contribution in [1.29, 1.82) is 0 Å². The Hall–Kier alpha value is -2.04. The number of anilines is 1. The number of halogens is 1. The Labute approximate surface area is 133 Å². The zero-order valence-electron chi connectivity index (χ0n) is 12.1. The third-order valence-electron chi connectivity index (χ3n) is 3.88. The van der Waals surface area contributed by atoms with Gasteiger partial charge in [-0.1, -0.05) is 29.8 Å². The number of ether oxygens (including phenoxy) is 1. The zero-order valence-corrected chi connectivity index (χ0v) is 12.9. The predicted octanol–water partition coefficient (Wildman–Crippen LogP) is 2.97. The molecule has 1 amide bonds. The van der Waals surface area contributed by atoms with E-state index in [0.29, 0.717) is 29.3 Å². The number of aliphatic hydroxyl groups excluding tert-OH is 1. The van der Waals surface area contributed by atoms with Crippen molar-refractivity contribution in [3.63, 3.8) is 0 Å². The van der Waals surface area contributed by atoms with Crippen molar-refractivity contribution in [3.05, 3.63) is 58.6 Å². The van der Waals surface area contributed by atoms with Gasteiger partial charge in [-0.25, -0.2) is 0 Å². The van der Waals surface area contributed by atoms with Crippen molar-refractivity contribution >= 4 is 23.2 Å². The summed E-state index contributed by atoms with van der Waals surface area (Å²) in [5.41, 5.74) is 2.25. The van der Waals surface area contributed by atoms with Crippen LogP contribution in [0.25, 0.3) is 0 Å². The van der Waals surface area contributed by atoms with E-state index in [4.69, 9.17) is 16.3 Å². The molecule has 0 saturated carbocycles. The third kappa shape index (κ3) is 2.56. The summed E-state index contributed by atoms with van der Waals surface area (Å²) in [6.07, 6.45) is -0.522. The van der Waals surface area contributed by atoms with Crippen LogP contribution in [0, 0.1) is 0 Å². The maximum absolute atomic E-state index is 12.6. The van der Waals surface area contributed by atoms with Crippen molar-refractivity contribution in [2.45, 2.75) is 12.5 Å². The van der Waals surface area contributed by atoms with Crippen LogP contribution < -0.4 is 9.64 Å². The molecule has 1 aliphatic heterocycles. The molecule has 0 aliphatic carbocycles. The number of methoxy groups -OCH3 is 1. The summed E-state index contributed by atoms with van der Waals surface area (Å²) in [6, 6.07) is 12.4. The predicted molar refractivity (Wildman–Crippen MR) is 85.5 cm³/mol. The van der Waals surface area contributed by atoms with Gasteiger partial charge < -0.3 is 14.7 Å². The monoisotopic (exact) mass is 317 g/mol. The van der Waals surface area contributed by atoms with Crippen molar-refractivity contribution in [2.75, 3.05) is 18.6 Å². The molecule has 4 nitrogen and oxygen atoms in total. The standard InChI is InChI=1S/C17H16ClNO3/c1-22-12-5-2-4-11(10-12)16(20)17(21)19-9-8-13-14(18)6-3-7-15(13)19/h2-7,10,16,20H,8-9H2,1H3. The van der Waals surface area contributed by atoms with E-state index in [2.05, 4.69) is 0 Å². The van der Waals surface area contributed by atoms with Gasteiger partial charge in [-0.3, -0.25) is 4.79 Å². The molecule has 22 heavy (non-hydrogen) atoms. The molecule has 1 heterocycles. The Morgan fingerprint density at radius 1 is 1.32 bits per heavy atom. The van der Waals surface area contributed by atoms with Crippen LogP contribution in [0.5, 0.6) is 5.75 Å². The average molecular weight is 318 g/mol. The molecule has 0 fully saturated rings. The molecule has 0 aromatic heterocycles. The lowest BCUT2D eigenvalue weighted by atomic mass is 10.1. The van der Waals surface area contributed by atoms with Gasteiger partial charge in [0, 0.05) is 17.3 Å². The Balaban J connectivity index is 1.88. The molecule has 1 atom stereocenters. The highest BCUT2D eigenvalue weighted by molar-refractivity contribution is 6.32. The highest BCUT2D eigenvalue weighted by atomic mass is 35.5. The second kappa shape index (κ2) is 5.99. The van der Waals surface area contributed by atoms with Crippen molar-refractivity contribution in [1.82, 2.24) is 0 Å². The van der Waals surface area contributed by atoms with Gasteiger partial charge in [0.1, 0.15) is 5.75 Å². The van der Waals surface area contributed by atoms with Crippen LogP contribution in [0.3, 0.4) is 0 Å². The number of carbonyl (C=O) groups is 1. The summed E-state index contributed by atoms with van der Waals surface area (Å²) in [7, 11) is 1.55. The van der Waals surface area contributed by atoms with Crippen LogP contribution in [0.1, 0.15) is 17.2 Å². The Kier molecular flexibility index (Phi) is 4.05. The molecule has 0 spiro atoms. The smallest absolute Gasteiger partial charge is 0.260 e. The average Bonchev–Trinajstić information content (AvgIpc) is 2.99. The molecule has 2 aromatic rings. The molecule has 114 valence electrons. The van der Waals surface area contributed by atoms with Gasteiger partial charge in [0.05, 0.1) is 7.11 Å². The number of amides is 1. The first-order valence-corrected chi connectivity index (χ1v) is 7.40. The summed E-state index contributed by atoms with van der Waals surface area (Å²) < 4.78 is 5.13. The van der Waals surface area contributed by atoms with E-state index in [9.17, 15) is 9.90 Å². The van der Waals surface area contributed by atoms with Gasteiger partial charge in [-0.2, -0.15) is 0 Å². The third-order valence-corrected chi connectivity index (χ3v) is 4.23. The minimum atomic E-state index is -1.22. The highest BCUT2D eigenvalue weighted by Gasteiger charge is 2.31. The normalized spacial score (nSPS) is 14.6. The van der Waals surface area contributed by atoms with Crippen molar-refractivity contribution < 1.29 is 14.6 Å². The van der Waals surface area contributed by atoms with Gasteiger partial charge in [0.2, 0.25) is 0 Å². The van der Waals surface area contributed by atoms with Gasteiger partial charge in [-0.15, -0.1) is 0 Å². The quantitative estimate of drug-likeness (QED) is 0.947. The maximum atomic E-state index is 12.6. The van der Waals surface area contributed by atoms with Crippen LogP contribution in [-0.2, 0) is 11.2 Å². The van der Waals surface area contributed by atoms with E-state index < -0.39 is 6.10 Å². The van der Waals surface area contributed by atoms with E-state index in [1.165, 1.54) is 0 Å². The fourth-order valence-corrected chi connectivity index (χ4v) is 2.99. The number of nitrogens with zero attached hydrogens (tertiary/aromatic N) is 1. The molecule has 2 aromatic carbocycles. The summed E-state index contributed by atoms with van der Waals surface area (Å²) >= 11 is 6.16. The molecule has 0 saturated heterocycles. The van der Waals surface area contributed by atoms with Crippen LogP contribution in [0.2, 0.25) is 5.02 Å². The summed E-state index contributed by atoms with van der Waals surface area (Å²) in [5, 5.41) is 11.0. The largest absolute Gasteiger partial charge is 0.497 e. The molecule has 0 radical (unpaired) electrons. The van der Waals surface area contributed by atoms with Gasteiger partial charge in [0.15, 0.2) is 6.10 Å². The van der Waals surface area contributed by atoms with Crippen LogP contribution >= 0.6 is 11.6 Å². The van der Waals surface area contributed by atoms with Crippen LogP contribution in [-0.4, -0.2) is 24.7 Å². The lowest BCUT2D eigenvalue weighted by Gasteiger charge is -2.21. The zero-order chi connectivity index (χ0) is 15.7. The lowest BCUT2D eigenvalue weighted by molar-refractivity contribution is -0.126. The molecular formula is C17H16ClNO3. The Bertz CT molecular complexity index is 717. The second-order valence-corrected chi connectivity index (χ2v) is 5.56. The maximum Gasteiger partial charge on any atom is 0.260 e. The fourth-order valence-electron chi connectivity index (χ4n) is 2.72. The summed E-state index contributed by atoms with van der Waals surface area (Å²) in [6.45, 7) is 0.527. The SMILES string of the molecule is COc1cccc(C(O)C(=O)N2CCc3c(Cl)cccc32)c1. The number of carbonyl (C=O) groups excluding carboxylic acids is 1.